The molecule has 0 fully saturated rings. The maximum absolute atomic E-state index is 5.70. The molecule has 0 heterocycles. The Morgan fingerprint density at radius 2 is 1.71 bits per heavy atom. The Balaban J connectivity index is 2.75. The zero-order valence-electron chi connectivity index (χ0n) is 7.27. The van der Waals surface area contributed by atoms with E-state index in [1.807, 2.05) is 0 Å². The Morgan fingerprint density at radius 1 is 1.14 bits per heavy atom. The summed E-state index contributed by atoms with van der Waals surface area (Å²) in [4.78, 5) is 0. The Morgan fingerprint density at radius 3 is 2.21 bits per heavy atom. The number of hydrogen-bond donors (Lipinski definition) is 1. The fourth-order valence-electron chi connectivity index (χ4n) is 0.906. The molecule has 5 heteroatoms. The molecule has 0 saturated carbocycles. The van der Waals surface area contributed by atoms with Gasteiger partial charge in [0.15, 0.2) is 0 Å². The zero-order chi connectivity index (χ0) is 10.6. The monoisotopic (exact) mass is 546 g/mol. The molecule has 1 rings (SSSR count). The van der Waals surface area contributed by atoms with Crippen LogP contribution >= 0.6 is 80.4 Å². The number of benzene rings is 1. The first-order valence-electron chi connectivity index (χ1n) is 4.03. The predicted octanol–water partition coefficient (Wildman–Crippen LogP) is 4.20. The highest BCUT2D eigenvalue weighted by molar-refractivity contribution is 14.1. The lowest BCUT2D eigenvalue weighted by atomic mass is 10.3. The molecule has 78 valence electrons. The summed E-state index contributed by atoms with van der Waals surface area (Å²) in [5.41, 5.74) is 0. The first-order chi connectivity index (χ1) is 6.65. The van der Waals surface area contributed by atoms with Crippen LogP contribution < -0.4 is 4.74 Å². The third-order valence-electron chi connectivity index (χ3n) is 1.51. The van der Waals surface area contributed by atoms with Crippen molar-refractivity contribution < 1.29 is 4.74 Å². The van der Waals surface area contributed by atoms with E-state index in [0.29, 0.717) is 0 Å². The minimum Gasteiger partial charge on any atom is -0.491 e. The van der Waals surface area contributed by atoms with Crippen LogP contribution in [0.15, 0.2) is 12.1 Å². The standard InChI is InChI=1S/C9H9I3OS/c10-6-4-7(11)9(8(12)5-6)13-2-1-3-14/h4-5,14H,1-3H2. The van der Waals surface area contributed by atoms with E-state index in [-0.39, 0.29) is 0 Å². The van der Waals surface area contributed by atoms with Gasteiger partial charge in [0.05, 0.1) is 13.7 Å². The van der Waals surface area contributed by atoms with Crippen molar-refractivity contribution in [3.8, 4) is 5.75 Å². The van der Waals surface area contributed by atoms with Crippen LogP contribution in [0.5, 0.6) is 5.75 Å². The summed E-state index contributed by atoms with van der Waals surface area (Å²) in [6.45, 7) is 0.746. The first kappa shape index (κ1) is 13.6. The van der Waals surface area contributed by atoms with Gasteiger partial charge in [-0.25, -0.2) is 0 Å². The molecule has 0 unspecified atom stereocenters. The molecule has 0 radical (unpaired) electrons. The van der Waals surface area contributed by atoms with Gasteiger partial charge in [0.25, 0.3) is 0 Å². The molecule has 0 aliphatic rings. The van der Waals surface area contributed by atoms with Crippen molar-refractivity contribution in [1.29, 1.82) is 0 Å². The van der Waals surface area contributed by atoms with E-state index in [9.17, 15) is 0 Å². The van der Waals surface area contributed by atoms with Crippen molar-refractivity contribution in [2.24, 2.45) is 0 Å². The molecule has 1 aromatic carbocycles. The molecule has 1 aromatic rings. The molecule has 0 aliphatic carbocycles. The second-order valence-electron chi connectivity index (χ2n) is 2.62. The molecule has 0 aliphatic heterocycles. The molecule has 0 spiro atoms. The van der Waals surface area contributed by atoms with E-state index in [2.05, 4.69) is 92.5 Å². The van der Waals surface area contributed by atoms with Gasteiger partial charge in [-0.2, -0.15) is 12.6 Å². The van der Waals surface area contributed by atoms with Crippen molar-refractivity contribution in [1.82, 2.24) is 0 Å². The van der Waals surface area contributed by atoms with Crippen LogP contribution in [0, 0.1) is 10.7 Å². The largest absolute Gasteiger partial charge is 0.491 e. The summed E-state index contributed by atoms with van der Waals surface area (Å²) in [5, 5.41) is 0. The highest BCUT2D eigenvalue weighted by Gasteiger charge is 2.07. The maximum atomic E-state index is 5.70. The van der Waals surface area contributed by atoms with Crippen molar-refractivity contribution in [3.05, 3.63) is 22.8 Å². The summed E-state index contributed by atoms with van der Waals surface area (Å²) in [6.07, 6.45) is 0.987. The smallest absolute Gasteiger partial charge is 0.145 e. The predicted molar refractivity (Wildman–Crippen MR) is 88.6 cm³/mol. The van der Waals surface area contributed by atoms with E-state index in [1.54, 1.807) is 0 Å². The molecule has 0 amide bonds. The zero-order valence-corrected chi connectivity index (χ0v) is 14.6. The topological polar surface area (TPSA) is 9.23 Å². The molecule has 14 heavy (non-hydrogen) atoms. The molecule has 0 atom stereocenters. The van der Waals surface area contributed by atoms with Gasteiger partial charge in [0, 0.05) is 3.57 Å². The van der Waals surface area contributed by atoms with Gasteiger partial charge in [0.2, 0.25) is 0 Å². The van der Waals surface area contributed by atoms with Gasteiger partial charge < -0.3 is 4.74 Å². The number of thiol groups is 1. The van der Waals surface area contributed by atoms with Crippen molar-refractivity contribution in [3.63, 3.8) is 0 Å². The van der Waals surface area contributed by atoms with Gasteiger partial charge in [-0.15, -0.1) is 0 Å². The van der Waals surface area contributed by atoms with E-state index in [1.165, 1.54) is 10.7 Å². The lowest BCUT2D eigenvalue weighted by molar-refractivity contribution is 0.314. The SMILES string of the molecule is SCCCOc1c(I)cc(I)cc1I. The first-order valence-corrected chi connectivity index (χ1v) is 7.90. The summed E-state index contributed by atoms with van der Waals surface area (Å²) in [6, 6.07) is 4.25. The number of rotatable bonds is 4. The van der Waals surface area contributed by atoms with Gasteiger partial charge >= 0.3 is 0 Å². The third kappa shape index (κ3) is 4.20. The van der Waals surface area contributed by atoms with Crippen molar-refractivity contribution in [2.75, 3.05) is 12.4 Å². The number of ether oxygens (including phenoxy) is 1. The maximum Gasteiger partial charge on any atom is 0.145 e. The molecular formula is C9H9I3OS. The van der Waals surface area contributed by atoms with Crippen LogP contribution in [0.25, 0.3) is 0 Å². The molecule has 0 bridgehead atoms. The Kier molecular flexibility index (Phi) is 6.81. The highest BCUT2D eigenvalue weighted by Crippen LogP contribution is 2.29. The van der Waals surface area contributed by atoms with Crippen LogP contribution in [0.1, 0.15) is 6.42 Å². The summed E-state index contributed by atoms with van der Waals surface area (Å²) >= 11 is 11.1. The molecule has 0 N–H and O–H groups in total. The third-order valence-corrected chi connectivity index (χ3v) is 4.05. The molecule has 1 nitrogen and oxygen atoms in total. The Bertz CT molecular complexity index is 294. The second kappa shape index (κ2) is 7.00. The van der Waals surface area contributed by atoms with E-state index in [4.69, 9.17) is 4.74 Å². The van der Waals surface area contributed by atoms with Crippen molar-refractivity contribution >= 4 is 80.4 Å². The van der Waals surface area contributed by atoms with E-state index >= 15 is 0 Å². The number of halogens is 3. The van der Waals surface area contributed by atoms with Crippen LogP contribution in [-0.2, 0) is 0 Å². The van der Waals surface area contributed by atoms with Crippen LogP contribution in [0.4, 0.5) is 0 Å². The molecule has 0 saturated heterocycles. The average Bonchev–Trinajstić information content (AvgIpc) is 2.09. The molecule has 0 aromatic heterocycles. The lowest BCUT2D eigenvalue weighted by Gasteiger charge is -2.10. The molecular weight excluding hydrogens is 537 g/mol. The fourth-order valence-corrected chi connectivity index (χ4v) is 4.93. The Hall–Kier alpha value is 1.56. The van der Waals surface area contributed by atoms with Crippen LogP contribution in [0.2, 0.25) is 0 Å². The highest BCUT2D eigenvalue weighted by atomic mass is 127. The summed E-state index contributed by atoms with van der Waals surface area (Å²) < 4.78 is 9.30. The van der Waals surface area contributed by atoms with Gasteiger partial charge in [-0.05, 0) is 92.1 Å². The van der Waals surface area contributed by atoms with E-state index in [0.717, 1.165) is 24.5 Å². The summed E-state index contributed by atoms with van der Waals surface area (Å²) in [7, 11) is 0. The lowest BCUT2D eigenvalue weighted by Crippen LogP contribution is -2.01. The minimum atomic E-state index is 0.746. The van der Waals surface area contributed by atoms with Crippen LogP contribution in [-0.4, -0.2) is 12.4 Å². The Labute approximate surface area is 131 Å². The second-order valence-corrected chi connectivity index (χ2v) is 6.64. The van der Waals surface area contributed by atoms with E-state index < -0.39 is 0 Å². The van der Waals surface area contributed by atoms with Gasteiger partial charge in [0.1, 0.15) is 5.75 Å². The summed E-state index contributed by atoms with van der Waals surface area (Å²) in [5.74, 6) is 1.88. The van der Waals surface area contributed by atoms with Gasteiger partial charge in [-0.1, -0.05) is 0 Å². The fraction of sp³-hybridized carbons (Fsp3) is 0.333. The van der Waals surface area contributed by atoms with Crippen molar-refractivity contribution in [2.45, 2.75) is 6.42 Å². The van der Waals surface area contributed by atoms with Gasteiger partial charge in [-0.3, -0.25) is 0 Å². The number of hydrogen-bond acceptors (Lipinski definition) is 2. The quantitative estimate of drug-likeness (QED) is 0.339. The normalized spacial score (nSPS) is 10.3. The minimum absolute atomic E-state index is 0.746. The van der Waals surface area contributed by atoms with Crippen LogP contribution in [0.3, 0.4) is 0 Å². The average molecular weight is 546 g/mol.